The number of ether oxygens (including phenoxy) is 1. The van der Waals surface area contributed by atoms with Crippen molar-refractivity contribution in [2.45, 2.75) is 25.4 Å². The molecule has 2 aromatic carbocycles. The summed E-state index contributed by atoms with van der Waals surface area (Å²) in [5.41, 5.74) is 6.09. The summed E-state index contributed by atoms with van der Waals surface area (Å²) in [6, 6.07) is 2.81. The number of hydrogen-bond donors (Lipinski definition) is 1. The monoisotopic (exact) mass is 615 g/mol. The molecule has 16 heteroatoms. The van der Waals surface area contributed by atoms with E-state index in [0.29, 0.717) is 6.07 Å². The Kier molecular flexibility index (Phi) is 8.69. The molecule has 1 amide bonds. The van der Waals surface area contributed by atoms with Crippen LogP contribution in [-0.4, -0.2) is 58.6 Å². The summed E-state index contributed by atoms with van der Waals surface area (Å²) in [6.45, 7) is 1.34. The number of benzene rings is 2. The van der Waals surface area contributed by atoms with E-state index in [-0.39, 0.29) is 53.9 Å². The zero-order chi connectivity index (χ0) is 31.8. The van der Waals surface area contributed by atoms with E-state index in [0.717, 1.165) is 23.4 Å². The van der Waals surface area contributed by atoms with E-state index < -0.39 is 70.3 Å². The van der Waals surface area contributed by atoms with Crippen LogP contribution in [0.3, 0.4) is 0 Å². The highest BCUT2D eigenvalue weighted by molar-refractivity contribution is 6.38. The Morgan fingerprint density at radius 2 is 1.70 bits per heavy atom. The number of nitrogens with zero attached hydrogens (tertiary/aromatic N) is 4. The fourth-order valence-corrected chi connectivity index (χ4v) is 4.75. The molecule has 2 N–H and O–H groups in total. The number of rotatable bonds is 7. The lowest BCUT2D eigenvalue weighted by atomic mass is 9.86. The number of anilines is 1. The smallest absolute Gasteiger partial charge is 0.451 e. The van der Waals surface area contributed by atoms with Gasteiger partial charge in [0.2, 0.25) is 17.4 Å². The van der Waals surface area contributed by atoms with Gasteiger partial charge in [0.25, 0.3) is 5.91 Å². The van der Waals surface area contributed by atoms with Gasteiger partial charge in [-0.2, -0.15) is 22.0 Å². The molecule has 43 heavy (non-hydrogen) atoms. The Bertz CT molecular complexity index is 1600. The lowest BCUT2D eigenvalue weighted by Crippen LogP contribution is -2.42. The number of hydrogen-bond acceptors (Lipinski definition) is 7. The summed E-state index contributed by atoms with van der Waals surface area (Å²) in [4.78, 5) is 36.5. The molecule has 228 valence electrons. The molecular formula is C27H21F8N5O3. The zero-order valence-corrected chi connectivity index (χ0v) is 22.3. The SMILES string of the molecule is C/N=C(/c1ccc(Oc2c(F)c(F)cc(F)c2F)cc1F)c1c(N)ncnc1C(C)C1CCN(C(=O)C(=O)C(F)(F)F)C1. The predicted octanol–water partition coefficient (Wildman–Crippen LogP) is 5.10. The average Bonchev–Trinajstić information content (AvgIpc) is 3.45. The topological polar surface area (TPSA) is 111 Å². The third-order valence-electron chi connectivity index (χ3n) is 6.96. The number of halogens is 8. The van der Waals surface area contributed by atoms with E-state index in [1.54, 1.807) is 6.92 Å². The van der Waals surface area contributed by atoms with E-state index in [9.17, 15) is 40.3 Å². The first-order chi connectivity index (χ1) is 20.1. The van der Waals surface area contributed by atoms with E-state index >= 15 is 4.39 Å². The molecule has 0 saturated carbocycles. The number of alkyl halides is 3. The molecule has 2 heterocycles. The molecule has 8 nitrogen and oxygen atoms in total. The molecule has 1 aromatic heterocycles. The van der Waals surface area contributed by atoms with Crippen molar-refractivity contribution in [1.29, 1.82) is 0 Å². The van der Waals surface area contributed by atoms with Gasteiger partial charge >= 0.3 is 12.0 Å². The van der Waals surface area contributed by atoms with Gasteiger partial charge in [-0.3, -0.25) is 14.6 Å². The summed E-state index contributed by atoms with van der Waals surface area (Å²) < 4.78 is 114. The van der Waals surface area contributed by atoms with E-state index in [4.69, 9.17) is 10.5 Å². The van der Waals surface area contributed by atoms with Gasteiger partial charge in [0.05, 0.1) is 17.0 Å². The summed E-state index contributed by atoms with van der Waals surface area (Å²) in [7, 11) is 1.29. The van der Waals surface area contributed by atoms with Gasteiger partial charge in [-0.25, -0.2) is 23.1 Å². The second kappa shape index (κ2) is 11.9. The molecule has 1 fully saturated rings. The number of aromatic nitrogens is 2. The Labute approximate surface area is 238 Å². The quantitative estimate of drug-likeness (QED) is 0.172. The number of carbonyl (C=O) groups is 2. The summed E-state index contributed by atoms with van der Waals surface area (Å²) in [5, 5.41) is 0. The van der Waals surface area contributed by atoms with Gasteiger partial charge in [0.1, 0.15) is 23.7 Å². The van der Waals surface area contributed by atoms with Gasteiger partial charge in [-0.1, -0.05) is 6.92 Å². The normalized spacial score (nSPS) is 16.4. The number of nitrogen functional groups attached to an aromatic ring is 1. The van der Waals surface area contributed by atoms with E-state index in [2.05, 4.69) is 15.0 Å². The maximum absolute atomic E-state index is 15.4. The predicted molar refractivity (Wildman–Crippen MR) is 135 cm³/mol. The molecule has 0 aliphatic carbocycles. The van der Waals surface area contributed by atoms with Crippen LogP contribution in [0.15, 0.2) is 35.6 Å². The molecule has 0 bridgehead atoms. The van der Waals surface area contributed by atoms with Crippen molar-refractivity contribution in [3.8, 4) is 11.5 Å². The average molecular weight is 615 g/mol. The minimum atomic E-state index is -5.32. The van der Waals surface area contributed by atoms with Crippen LogP contribution >= 0.6 is 0 Å². The largest absolute Gasteiger partial charge is 0.460 e. The lowest BCUT2D eigenvalue weighted by Gasteiger charge is -2.23. The lowest BCUT2D eigenvalue weighted by molar-refractivity contribution is -0.178. The standard InChI is InChI=1S/C27H21F8N5O3/c1-11(12-5-6-40(9-12)26(42)24(41)27(33,34)35)21-18(25(36)39-10-38-21)22(37-2)14-4-3-13(7-15(14)28)43-23-19(31)16(29)8-17(30)20(23)32/h3-4,7-8,10-12H,5-6,9H2,1-2H3,(H2,36,38,39)/b37-22-. The second-order valence-electron chi connectivity index (χ2n) is 9.55. The Morgan fingerprint density at radius 1 is 1.05 bits per heavy atom. The van der Waals surface area contributed by atoms with Crippen molar-refractivity contribution >= 4 is 23.2 Å². The molecule has 2 atom stereocenters. The Hall–Kier alpha value is -4.63. The zero-order valence-electron chi connectivity index (χ0n) is 22.3. The maximum Gasteiger partial charge on any atom is 0.460 e. The second-order valence-corrected chi connectivity index (χ2v) is 9.55. The summed E-state index contributed by atoms with van der Waals surface area (Å²) in [6.07, 6.45) is -3.99. The van der Waals surface area contributed by atoms with Crippen LogP contribution in [0, 0.1) is 35.0 Å². The van der Waals surface area contributed by atoms with Gasteiger partial charge in [-0.05, 0) is 24.5 Å². The molecule has 3 aromatic rings. The van der Waals surface area contributed by atoms with Gasteiger partial charge in [0.15, 0.2) is 11.6 Å². The fraction of sp³-hybridized carbons (Fsp3) is 0.296. The first-order valence-electron chi connectivity index (χ1n) is 12.4. The van der Waals surface area contributed by atoms with Crippen molar-refractivity contribution < 1.29 is 49.4 Å². The molecular weight excluding hydrogens is 594 g/mol. The van der Waals surface area contributed by atoms with Gasteiger partial charge in [0, 0.05) is 43.8 Å². The van der Waals surface area contributed by atoms with Crippen LogP contribution in [0.1, 0.15) is 36.1 Å². The van der Waals surface area contributed by atoms with Crippen LogP contribution in [0.4, 0.5) is 40.9 Å². The van der Waals surface area contributed by atoms with Crippen molar-refractivity contribution in [1.82, 2.24) is 14.9 Å². The molecule has 1 saturated heterocycles. The first kappa shape index (κ1) is 31.3. The number of nitrogens with two attached hydrogens (primary N) is 1. The minimum Gasteiger partial charge on any atom is -0.451 e. The first-order valence-corrected chi connectivity index (χ1v) is 12.4. The van der Waals surface area contributed by atoms with Crippen LogP contribution in [0.25, 0.3) is 0 Å². The van der Waals surface area contributed by atoms with Crippen LogP contribution in [-0.2, 0) is 9.59 Å². The summed E-state index contributed by atoms with van der Waals surface area (Å²) in [5.74, 6) is -15.5. The van der Waals surface area contributed by atoms with Crippen molar-refractivity contribution in [3.63, 3.8) is 0 Å². The number of likely N-dealkylation sites (tertiary alicyclic amines) is 1. The molecule has 2 unspecified atom stereocenters. The minimum absolute atomic E-state index is 0.0147. The maximum atomic E-state index is 15.4. The molecule has 0 radical (unpaired) electrons. The van der Waals surface area contributed by atoms with Crippen LogP contribution in [0.2, 0.25) is 0 Å². The number of ketones is 1. The van der Waals surface area contributed by atoms with E-state index in [1.807, 2.05) is 0 Å². The Morgan fingerprint density at radius 3 is 2.28 bits per heavy atom. The van der Waals surface area contributed by atoms with E-state index in [1.165, 1.54) is 7.05 Å². The van der Waals surface area contributed by atoms with Gasteiger partial charge < -0.3 is 15.4 Å². The number of Topliss-reactive ketones (excluding diaryl/α,β-unsaturated/α-hetero) is 1. The fourth-order valence-electron chi connectivity index (χ4n) is 4.75. The molecule has 0 spiro atoms. The summed E-state index contributed by atoms with van der Waals surface area (Å²) >= 11 is 0. The van der Waals surface area contributed by atoms with Crippen molar-refractivity contribution in [2.75, 3.05) is 25.9 Å². The molecule has 1 aliphatic heterocycles. The Balaban J connectivity index is 1.64. The van der Waals surface area contributed by atoms with Crippen LogP contribution < -0.4 is 10.5 Å². The molecule has 1 aliphatic rings. The number of aliphatic imine (C=N–C) groups is 1. The highest BCUT2D eigenvalue weighted by Gasteiger charge is 2.47. The van der Waals surface area contributed by atoms with Crippen molar-refractivity contribution in [2.24, 2.45) is 10.9 Å². The molecule has 4 rings (SSSR count). The third kappa shape index (κ3) is 6.12. The highest BCUT2D eigenvalue weighted by Crippen LogP contribution is 2.36. The van der Waals surface area contributed by atoms with Crippen LogP contribution in [0.5, 0.6) is 11.5 Å². The van der Waals surface area contributed by atoms with Crippen molar-refractivity contribution in [3.05, 3.63) is 76.5 Å². The number of amides is 1. The third-order valence-corrected chi connectivity index (χ3v) is 6.96. The number of carbonyl (C=O) groups excluding carboxylic acids is 2. The highest BCUT2D eigenvalue weighted by atomic mass is 19.4. The van der Waals surface area contributed by atoms with Gasteiger partial charge in [-0.15, -0.1) is 0 Å².